The van der Waals surface area contributed by atoms with E-state index in [9.17, 15) is 8.42 Å². The van der Waals surface area contributed by atoms with Crippen molar-refractivity contribution in [3.8, 4) is 0 Å². The van der Waals surface area contributed by atoms with Crippen molar-refractivity contribution in [3.05, 3.63) is 64.1 Å². The van der Waals surface area contributed by atoms with Crippen LogP contribution >= 0.6 is 28.3 Å². The van der Waals surface area contributed by atoms with Gasteiger partial charge >= 0.3 is 0 Å². The molecule has 3 rings (SSSR count). The molecule has 1 heterocycles. The molecule has 0 aliphatic carbocycles. The molecule has 0 saturated carbocycles. The van der Waals surface area contributed by atoms with Crippen LogP contribution in [-0.4, -0.2) is 31.9 Å². The van der Waals surface area contributed by atoms with E-state index >= 15 is 0 Å². The second-order valence-corrected chi connectivity index (χ2v) is 8.70. The Morgan fingerprint density at radius 1 is 1.12 bits per heavy atom. The molecule has 0 radical (unpaired) electrons. The molecule has 0 spiro atoms. The first-order valence-electron chi connectivity index (χ1n) is 7.46. The van der Waals surface area contributed by atoms with Crippen LogP contribution in [0.3, 0.4) is 0 Å². The van der Waals surface area contributed by atoms with Crippen LogP contribution in [0, 0.1) is 6.92 Å². The SMILES string of the molecule is Cc1ccc(S(=O)(=O)N2C[C@@H](N)[C@H](c3ccccc3)C2)c(Br)c1.Cl. The lowest BCUT2D eigenvalue weighted by Crippen LogP contribution is -2.32. The molecule has 1 fully saturated rings. The minimum Gasteiger partial charge on any atom is -0.326 e. The Morgan fingerprint density at radius 3 is 2.42 bits per heavy atom. The largest absolute Gasteiger partial charge is 0.326 e. The lowest BCUT2D eigenvalue weighted by molar-refractivity contribution is 0.469. The third-order valence-corrected chi connectivity index (χ3v) is 7.07. The van der Waals surface area contributed by atoms with E-state index < -0.39 is 10.0 Å². The molecule has 1 saturated heterocycles. The van der Waals surface area contributed by atoms with Gasteiger partial charge in [-0.1, -0.05) is 36.4 Å². The van der Waals surface area contributed by atoms with Crippen LogP contribution in [0.4, 0.5) is 0 Å². The monoisotopic (exact) mass is 430 g/mol. The van der Waals surface area contributed by atoms with Crippen LogP contribution in [0.15, 0.2) is 57.9 Å². The summed E-state index contributed by atoms with van der Waals surface area (Å²) in [5.74, 6) is 0.0233. The molecule has 4 nitrogen and oxygen atoms in total. The second kappa shape index (κ2) is 7.54. The zero-order valence-corrected chi connectivity index (χ0v) is 16.4. The zero-order valence-electron chi connectivity index (χ0n) is 13.2. The number of hydrogen-bond donors (Lipinski definition) is 1. The average Bonchev–Trinajstić information content (AvgIpc) is 2.90. The first kappa shape index (κ1) is 19.4. The number of sulfonamides is 1. The smallest absolute Gasteiger partial charge is 0.244 e. The second-order valence-electron chi connectivity index (χ2n) is 5.94. The van der Waals surface area contributed by atoms with Gasteiger partial charge in [-0.05, 0) is 46.1 Å². The zero-order chi connectivity index (χ0) is 16.6. The molecule has 2 N–H and O–H groups in total. The predicted octanol–water partition coefficient (Wildman–Crippen LogP) is 3.29. The van der Waals surface area contributed by atoms with Crippen LogP contribution < -0.4 is 5.73 Å². The van der Waals surface area contributed by atoms with Crippen molar-refractivity contribution in [2.24, 2.45) is 5.73 Å². The van der Waals surface area contributed by atoms with Gasteiger partial charge in [0.1, 0.15) is 0 Å². The summed E-state index contributed by atoms with van der Waals surface area (Å²) in [6.45, 7) is 2.68. The molecule has 130 valence electrons. The summed E-state index contributed by atoms with van der Waals surface area (Å²) in [7, 11) is -3.55. The molecular formula is C17H20BrClN2O2S. The van der Waals surface area contributed by atoms with Crippen molar-refractivity contribution in [3.63, 3.8) is 0 Å². The third-order valence-electron chi connectivity index (χ3n) is 4.26. The summed E-state index contributed by atoms with van der Waals surface area (Å²) < 4.78 is 27.9. The van der Waals surface area contributed by atoms with Gasteiger partial charge in [-0.25, -0.2) is 8.42 Å². The van der Waals surface area contributed by atoms with Crippen molar-refractivity contribution >= 4 is 38.4 Å². The van der Waals surface area contributed by atoms with Crippen LogP contribution in [0.2, 0.25) is 0 Å². The molecule has 1 aliphatic rings. The highest BCUT2D eigenvalue weighted by Gasteiger charge is 2.38. The average molecular weight is 432 g/mol. The number of nitrogens with zero attached hydrogens (tertiary/aromatic N) is 1. The molecule has 2 atom stereocenters. The summed E-state index contributed by atoms with van der Waals surface area (Å²) in [6.07, 6.45) is 0. The quantitative estimate of drug-likeness (QED) is 0.811. The fourth-order valence-electron chi connectivity index (χ4n) is 2.99. The number of rotatable bonds is 3. The summed E-state index contributed by atoms with van der Waals surface area (Å²) in [5, 5.41) is 0. The maximum Gasteiger partial charge on any atom is 0.244 e. The van der Waals surface area contributed by atoms with Gasteiger partial charge < -0.3 is 5.73 Å². The standard InChI is InChI=1S/C17H19BrN2O2S.ClH/c1-12-7-8-17(15(18)9-12)23(21,22)20-10-14(16(19)11-20)13-5-3-2-4-6-13;/h2-9,14,16H,10-11,19H2,1H3;1H/t14-,16+;/m0./s1. The summed E-state index contributed by atoms with van der Waals surface area (Å²) in [4.78, 5) is 0.295. The van der Waals surface area contributed by atoms with E-state index in [0.29, 0.717) is 22.5 Å². The molecule has 2 aromatic carbocycles. The van der Waals surface area contributed by atoms with E-state index in [1.165, 1.54) is 4.31 Å². The molecule has 0 amide bonds. The van der Waals surface area contributed by atoms with Gasteiger partial charge in [-0.15, -0.1) is 12.4 Å². The van der Waals surface area contributed by atoms with Gasteiger partial charge in [-0.2, -0.15) is 4.31 Å². The van der Waals surface area contributed by atoms with Gasteiger partial charge in [-0.3, -0.25) is 0 Å². The van der Waals surface area contributed by atoms with Gasteiger partial charge in [0.15, 0.2) is 0 Å². The summed E-state index contributed by atoms with van der Waals surface area (Å²) >= 11 is 3.37. The fraction of sp³-hybridized carbons (Fsp3) is 0.294. The van der Waals surface area contributed by atoms with E-state index in [-0.39, 0.29) is 24.4 Å². The van der Waals surface area contributed by atoms with Crippen LogP contribution in [0.25, 0.3) is 0 Å². The van der Waals surface area contributed by atoms with Crippen molar-refractivity contribution in [2.45, 2.75) is 23.8 Å². The maximum absolute atomic E-state index is 12.9. The normalized spacial score (nSPS) is 21.5. The molecule has 0 aromatic heterocycles. The first-order chi connectivity index (χ1) is 10.9. The van der Waals surface area contributed by atoms with E-state index in [1.807, 2.05) is 49.4 Å². The Balaban J connectivity index is 0.00000208. The number of benzene rings is 2. The molecule has 2 aromatic rings. The summed E-state index contributed by atoms with van der Waals surface area (Å²) in [6, 6.07) is 14.9. The molecule has 0 bridgehead atoms. The fourth-order valence-corrected chi connectivity index (χ4v) is 5.65. The molecule has 1 aliphatic heterocycles. The Bertz CT molecular complexity index is 815. The number of hydrogen-bond acceptors (Lipinski definition) is 3. The minimum atomic E-state index is -3.55. The molecule has 24 heavy (non-hydrogen) atoms. The lowest BCUT2D eigenvalue weighted by Gasteiger charge is -2.17. The van der Waals surface area contributed by atoms with E-state index in [1.54, 1.807) is 6.07 Å². The van der Waals surface area contributed by atoms with Crippen molar-refractivity contribution in [2.75, 3.05) is 13.1 Å². The topological polar surface area (TPSA) is 63.4 Å². The Morgan fingerprint density at radius 2 is 1.79 bits per heavy atom. The van der Waals surface area contributed by atoms with Gasteiger partial charge in [0, 0.05) is 29.5 Å². The van der Waals surface area contributed by atoms with Crippen LogP contribution in [0.5, 0.6) is 0 Å². The van der Waals surface area contributed by atoms with Crippen LogP contribution in [-0.2, 0) is 10.0 Å². The van der Waals surface area contributed by atoms with E-state index in [2.05, 4.69) is 15.9 Å². The maximum atomic E-state index is 12.9. The minimum absolute atomic E-state index is 0. The van der Waals surface area contributed by atoms with Crippen LogP contribution in [0.1, 0.15) is 17.0 Å². The van der Waals surface area contributed by atoms with Gasteiger partial charge in [0.25, 0.3) is 0 Å². The number of halogens is 2. The highest BCUT2D eigenvalue weighted by molar-refractivity contribution is 9.10. The van der Waals surface area contributed by atoms with Crippen molar-refractivity contribution in [1.82, 2.24) is 4.31 Å². The van der Waals surface area contributed by atoms with Crippen molar-refractivity contribution in [1.29, 1.82) is 0 Å². The molecule has 7 heteroatoms. The third kappa shape index (κ3) is 3.68. The van der Waals surface area contributed by atoms with Crippen molar-refractivity contribution < 1.29 is 8.42 Å². The first-order valence-corrected chi connectivity index (χ1v) is 9.70. The highest BCUT2D eigenvalue weighted by atomic mass is 79.9. The number of aryl methyl sites for hydroxylation is 1. The van der Waals surface area contributed by atoms with E-state index in [4.69, 9.17) is 5.73 Å². The Kier molecular flexibility index (Phi) is 6.09. The highest BCUT2D eigenvalue weighted by Crippen LogP contribution is 2.33. The van der Waals surface area contributed by atoms with Gasteiger partial charge in [0.05, 0.1) is 4.90 Å². The lowest BCUT2D eigenvalue weighted by atomic mass is 9.95. The summed E-state index contributed by atoms with van der Waals surface area (Å²) in [5.41, 5.74) is 8.31. The van der Waals surface area contributed by atoms with Gasteiger partial charge in [0.2, 0.25) is 10.0 Å². The molecule has 0 unspecified atom stereocenters. The molecular weight excluding hydrogens is 412 g/mol. The Labute approximate surface area is 157 Å². The van der Waals surface area contributed by atoms with E-state index in [0.717, 1.165) is 11.1 Å². The Hall–Kier alpha value is -0.920. The predicted molar refractivity (Wildman–Crippen MR) is 102 cm³/mol. The number of nitrogens with two attached hydrogens (primary N) is 1.